The van der Waals surface area contributed by atoms with Crippen molar-refractivity contribution in [1.29, 1.82) is 0 Å². The molecule has 2 aromatic rings. The van der Waals surface area contributed by atoms with Crippen LogP contribution in [-0.2, 0) is 0 Å². The van der Waals surface area contributed by atoms with Gasteiger partial charge in [0.15, 0.2) is 0 Å². The molecule has 0 amide bonds. The van der Waals surface area contributed by atoms with Gasteiger partial charge in [0.2, 0.25) is 0 Å². The van der Waals surface area contributed by atoms with E-state index >= 15 is 0 Å². The predicted octanol–water partition coefficient (Wildman–Crippen LogP) is 4.94. The van der Waals surface area contributed by atoms with Gasteiger partial charge in [-0.2, -0.15) is 0 Å². The van der Waals surface area contributed by atoms with Crippen LogP contribution in [0.25, 0.3) is 10.9 Å². The van der Waals surface area contributed by atoms with Crippen LogP contribution in [0.5, 0.6) is 0 Å². The Hall–Kier alpha value is -1.08. The zero-order valence-corrected chi connectivity index (χ0v) is 11.8. The van der Waals surface area contributed by atoms with Crippen molar-refractivity contribution in [3.05, 3.63) is 39.5 Å². The summed E-state index contributed by atoms with van der Waals surface area (Å²) >= 11 is 6.55. The number of hydrogen-bond acceptors (Lipinski definition) is 1. The number of aryl methyl sites for hydroxylation is 3. The highest BCUT2D eigenvalue weighted by atomic mass is 35.5. The van der Waals surface area contributed by atoms with Crippen LogP contribution in [0.4, 0.5) is 0 Å². The van der Waals surface area contributed by atoms with Crippen molar-refractivity contribution in [3.63, 3.8) is 0 Å². The summed E-state index contributed by atoms with van der Waals surface area (Å²) in [6.45, 7) is 10.5. The second-order valence-corrected chi connectivity index (χ2v) is 5.44. The van der Waals surface area contributed by atoms with E-state index in [9.17, 15) is 0 Å². The number of aromatic nitrogens is 1. The molecule has 1 heterocycles. The highest BCUT2D eigenvalue weighted by molar-refractivity contribution is 6.36. The average Bonchev–Trinajstić information content (AvgIpc) is 2.19. The van der Waals surface area contributed by atoms with Gasteiger partial charge in [-0.15, -0.1) is 0 Å². The van der Waals surface area contributed by atoms with Gasteiger partial charge < -0.3 is 0 Å². The van der Waals surface area contributed by atoms with E-state index in [0.717, 1.165) is 21.6 Å². The fourth-order valence-corrected chi connectivity index (χ4v) is 2.98. The number of halogens is 1. The normalized spacial score (nSPS) is 11.5. The molecular weight excluding hydrogens is 230 g/mol. The second kappa shape index (κ2) is 4.30. The summed E-state index contributed by atoms with van der Waals surface area (Å²) in [5.41, 5.74) is 5.67. The lowest BCUT2D eigenvalue weighted by Crippen LogP contribution is -1.99. The zero-order valence-electron chi connectivity index (χ0n) is 11.1. The van der Waals surface area contributed by atoms with Crippen molar-refractivity contribution in [3.8, 4) is 0 Å². The molecule has 0 aliphatic rings. The van der Waals surface area contributed by atoms with Crippen LogP contribution in [0.1, 0.15) is 42.1 Å². The first-order valence-electron chi connectivity index (χ1n) is 5.98. The third kappa shape index (κ3) is 2.04. The van der Waals surface area contributed by atoms with E-state index < -0.39 is 0 Å². The molecule has 1 nitrogen and oxygen atoms in total. The first-order chi connectivity index (χ1) is 7.91. The Balaban J connectivity index is 2.92. The molecule has 0 aliphatic carbocycles. The lowest BCUT2D eigenvalue weighted by molar-refractivity contribution is 0.848. The van der Waals surface area contributed by atoms with Gasteiger partial charge in [0.25, 0.3) is 0 Å². The minimum absolute atomic E-state index is 0.403. The van der Waals surface area contributed by atoms with Crippen LogP contribution in [0, 0.1) is 20.8 Å². The zero-order chi connectivity index (χ0) is 12.7. The van der Waals surface area contributed by atoms with E-state index in [0.29, 0.717) is 5.92 Å². The Bertz CT molecular complexity index is 585. The van der Waals surface area contributed by atoms with Gasteiger partial charge in [-0.25, -0.2) is 0 Å². The van der Waals surface area contributed by atoms with E-state index in [-0.39, 0.29) is 0 Å². The van der Waals surface area contributed by atoms with Crippen molar-refractivity contribution < 1.29 is 0 Å². The molecule has 0 saturated heterocycles. The quantitative estimate of drug-likeness (QED) is 0.696. The van der Waals surface area contributed by atoms with Crippen LogP contribution in [-0.4, -0.2) is 4.98 Å². The highest BCUT2D eigenvalue weighted by Crippen LogP contribution is 2.34. The third-order valence-corrected chi connectivity index (χ3v) is 3.57. The molecule has 0 spiro atoms. The first kappa shape index (κ1) is 12.4. The molecule has 2 heteroatoms. The SMILES string of the molecule is Cc1cc(C)c2nc(C)c(C(C)C)c(Cl)c2c1. The predicted molar refractivity (Wildman–Crippen MR) is 75.1 cm³/mol. The number of pyridine rings is 1. The summed E-state index contributed by atoms with van der Waals surface area (Å²) in [5.74, 6) is 0.403. The summed E-state index contributed by atoms with van der Waals surface area (Å²) in [6.07, 6.45) is 0. The van der Waals surface area contributed by atoms with Crippen LogP contribution in [0.3, 0.4) is 0 Å². The molecular formula is C15H18ClN. The minimum Gasteiger partial charge on any atom is -0.252 e. The Labute approximate surface area is 108 Å². The van der Waals surface area contributed by atoms with Gasteiger partial charge >= 0.3 is 0 Å². The molecule has 0 saturated carbocycles. The van der Waals surface area contributed by atoms with Crippen LogP contribution < -0.4 is 0 Å². The average molecular weight is 248 g/mol. The Morgan fingerprint density at radius 2 is 1.76 bits per heavy atom. The largest absolute Gasteiger partial charge is 0.252 e. The summed E-state index contributed by atoms with van der Waals surface area (Å²) in [4.78, 5) is 4.71. The number of fused-ring (bicyclic) bond motifs is 1. The first-order valence-corrected chi connectivity index (χ1v) is 6.36. The maximum Gasteiger partial charge on any atom is 0.0749 e. The van der Waals surface area contributed by atoms with E-state index in [4.69, 9.17) is 16.6 Å². The van der Waals surface area contributed by atoms with Gasteiger partial charge in [-0.3, -0.25) is 4.98 Å². The fourth-order valence-electron chi connectivity index (χ4n) is 2.48. The maximum absolute atomic E-state index is 6.55. The molecule has 0 aliphatic heterocycles. The topological polar surface area (TPSA) is 12.9 Å². The Morgan fingerprint density at radius 1 is 1.12 bits per heavy atom. The second-order valence-electron chi connectivity index (χ2n) is 5.06. The maximum atomic E-state index is 6.55. The van der Waals surface area contributed by atoms with Gasteiger partial charge in [0.05, 0.1) is 10.5 Å². The smallest absolute Gasteiger partial charge is 0.0749 e. The number of nitrogens with zero attached hydrogens (tertiary/aromatic N) is 1. The Morgan fingerprint density at radius 3 is 2.35 bits per heavy atom. The molecule has 90 valence electrons. The van der Waals surface area contributed by atoms with E-state index in [1.165, 1.54) is 16.7 Å². The molecule has 0 N–H and O–H groups in total. The molecule has 0 fully saturated rings. The molecule has 2 rings (SSSR count). The summed E-state index contributed by atoms with van der Waals surface area (Å²) in [6, 6.07) is 4.28. The van der Waals surface area contributed by atoms with Crippen LogP contribution in [0.15, 0.2) is 12.1 Å². The van der Waals surface area contributed by atoms with Crippen molar-refractivity contribution in [2.45, 2.75) is 40.5 Å². The lowest BCUT2D eigenvalue weighted by atomic mass is 9.97. The molecule has 0 radical (unpaired) electrons. The van der Waals surface area contributed by atoms with Crippen molar-refractivity contribution in [2.24, 2.45) is 0 Å². The molecule has 0 bridgehead atoms. The van der Waals surface area contributed by atoms with Gasteiger partial charge in [-0.05, 0) is 43.9 Å². The van der Waals surface area contributed by atoms with Crippen molar-refractivity contribution in [2.75, 3.05) is 0 Å². The summed E-state index contributed by atoms with van der Waals surface area (Å²) in [5, 5.41) is 1.95. The van der Waals surface area contributed by atoms with Crippen molar-refractivity contribution >= 4 is 22.5 Å². The highest BCUT2D eigenvalue weighted by Gasteiger charge is 2.15. The summed E-state index contributed by atoms with van der Waals surface area (Å²) in [7, 11) is 0. The fraction of sp³-hybridized carbons (Fsp3) is 0.400. The number of benzene rings is 1. The van der Waals surface area contributed by atoms with Crippen LogP contribution in [0.2, 0.25) is 5.02 Å². The molecule has 1 aromatic heterocycles. The standard InChI is InChI=1S/C15H18ClN/c1-8(2)13-11(5)17-15-10(4)6-9(3)7-12(15)14(13)16/h6-8H,1-5H3. The van der Waals surface area contributed by atoms with E-state index in [2.05, 4.69) is 39.8 Å². The molecule has 0 atom stereocenters. The Kier molecular flexibility index (Phi) is 3.13. The van der Waals surface area contributed by atoms with E-state index in [1.807, 2.05) is 6.92 Å². The number of hydrogen-bond donors (Lipinski definition) is 0. The molecule has 1 aromatic carbocycles. The van der Waals surface area contributed by atoms with Crippen molar-refractivity contribution in [1.82, 2.24) is 4.98 Å². The minimum atomic E-state index is 0.403. The lowest BCUT2D eigenvalue weighted by Gasteiger charge is -2.15. The monoisotopic (exact) mass is 247 g/mol. The molecule has 0 unspecified atom stereocenters. The van der Waals surface area contributed by atoms with Gasteiger partial charge in [-0.1, -0.05) is 37.1 Å². The third-order valence-electron chi connectivity index (χ3n) is 3.16. The summed E-state index contributed by atoms with van der Waals surface area (Å²) < 4.78 is 0. The van der Waals surface area contributed by atoms with Crippen LogP contribution >= 0.6 is 11.6 Å². The van der Waals surface area contributed by atoms with Gasteiger partial charge in [0.1, 0.15) is 0 Å². The van der Waals surface area contributed by atoms with Gasteiger partial charge in [0, 0.05) is 11.1 Å². The molecule has 17 heavy (non-hydrogen) atoms. The number of rotatable bonds is 1. The van der Waals surface area contributed by atoms with E-state index in [1.54, 1.807) is 0 Å².